The van der Waals surface area contributed by atoms with Gasteiger partial charge in [0, 0.05) is 22.3 Å². The van der Waals surface area contributed by atoms with E-state index in [1.807, 2.05) is 0 Å². The summed E-state index contributed by atoms with van der Waals surface area (Å²) in [6.45, 7) is 8.49. The van der Waals surface area contributed by atoms with Crippen molar-refractivity contribution >= 4 is 11.8 Å². The zero-order valence-corrected chi connectivity index (χ0v) is 31.0. The van der Waals surface area contributed by atoms with Gasteiger partial charge in [0.05, 0.1) is 6.42 Å². The van der Waals surface area contributed by atoms with Gasteiger partial charge in [0.25, 0.3) is 0 Å². The van der Waals surface area contributed by atoms with E-state index in [0.29, 0.717) is 31.1 Å². The molecule has 264 valence electrons. The summed E-state index contributed by atoms with van der Waals surface area (Å²) in [6.07, 6.45) is 1.77. The van der Waals surface area contributed by atoms with Gasteiger partial charge in [-0.15, -0.1) is 0 Å². The van der Waals surface area contributed by atoms with E-state index in [1.54, 1.807) is 0 Å². The Kier molecular flexibility index (Phi) is 9.30. The number of benzene rings is 6. The summed E-state index contributed by atoms with van der Waals surface area (Å²) in [4.78, 5) is 10.9. The van der Waals surface area contributed by atoms with E-state index >= 15 is 0 Å². The quantitative estimate of drug-likeness (QED) is 0.143. The number of rotatable bonds is 10. The minimum atomic E-state index is -0.833. The molecule has 4 heteroatoms. The Labute approximate surface area is 313 Å². The normalized spacial score (nSPS) is 18.5. The molecule has 0 radical (unpaired) electrons. The molecule has 0 fully saturated rings. The second-order valence-corrected chi connectivity index (χ2v) is 14.8. The average molecular weight is 695 g/mol. The summed E-state index contributed by atoms with van der Waals surface area (Å²) in [6, 6.07) is 55.7. The van der Waals surface area contributed by atoms with Gasteiger partial charge in [-0.05, 0) is 51.7 Å². The van der Waals surface area contributed by atoms with Crippen LogP contribution in [-0.4, -0.2) is 23.9 Å². The fourth-order valence-electron chi connectivity index (χ4n) is 7.98. The van der Waals surface area contributed by atoms with Crippen molar-refractivity contribution in [3.63, 3.8) is 0 Å². The maximum Gasteiger partial charge on any atom is 0.194 e. The van der Waals surface area contributed by atoms with Gasteiger partial charge in [-0.1, -0.05) is 180 Å². The summed E-state index contributed by atoms with van der Waals surface area (Å²) < 4.78 is 14.6. The lowest BCUT2D eigenvalue weighted by atomic mass is 9.78. The van der Waals surface area contributed by atoms with Gasteiger partial charge in [0.15, 0.2) is 23.0 Å². The monoisotopic (exact) mass is 694 g/mol. The van der Waals surface area contributed by atoms with Crippen molar-refractivity contribution < 1.29 is 9.47 Å². The second-order valence-electron chi connectivity index (χ2n) is 14.8. The molecule has 53 heavy (non-hydrogen) atoms. The van der Waals surface area contributed by atoms with Gasteiger partial charge in [-0.3, -0.25) is 0 Å². The van der Waals surface area contributed by atoms with Gasteiger partial charge in [-0.25, -0.2) is 9.98 Å². The highest BCUT2D eigenvalue weighted by Gasteiger charge is 2.53. The van der Waals surface area contributed by atoms with Gasteiger partial charge in [-0.2, -0.15) is 0 Å². The van der Waals surface area contributed by atoms with Crippen molar-refractivity contribution in [2.75, 3.05) is 0 Å². The summed E-state index contributed by atoms with van der Waals surface area (Å²) in [7, 11) is 0. The second kappa shape index (κ2) is 14.4. The summed E-state index contributed by atoms with van der Waals surface area (Å²) >= 11 is 0. The van der Waals surface area contributed by atoms with Crippen LogP contribution in [-0.2, 0) is 33.5 Å². The lowest BCUT2D eigenvalue weighted by Gasteiger charge is -2.36. The highest BCUT2D eigenvalue weighted by Crippen LogP contribution is 2.47. The van der Waals surface area contributed by atoms with E-state index in [9.17, 15) is 0 Å². The first-order valence-corrected chi connectivity index (χ1v) is 18.7. The van der Waals surface area contributed by atoms with Crippen molar-refractivity contribution in [3.05, 3.63) is 213 Å². The lowest BCUT2D eigenvalue weighted by Crippen LogP contribution is -2.41. The molecule has 0 spiro atoms. The topological polar surface area (TPSA) is 43.2 Å². The predicted molar refractivity (Wildman–Crippen MR) is 216 cm³/mol. The maximum atomic E-state index is 7.30. The Morgan fingerprint density at radius 3 is 0.962 bits per heavy atom. The average Bonchev–Trinajstić information content (AvgIpc) is 3.72. The number of hydrogen-bond acceptors (Lipinski definition) is 4. The molecule has 0 aromatic heterocycles. The van der Waals surface area contributed by atoms with Gasteiger partial charge in [0.1, 0.15) is 12.1 Å². The van der Waals surface area contributed by atoms with E-state index in [0.717, 1.165) is 22.3 Å². The SMILES string of the molecule is Cc1ccc(C2(c3ccc(C)cc3)OC(CC3=N[C@H](Cc4ccccc4)C(c4ccc(C)cc4)(c4ccc(C)cc4)O3)=N[C@@H]2Cc2ccccc2)cc1. The Bertz CT molecular complexity index is 1970. The zero-order chi connectivity index (χ0) is 36.4. The van der Waals surface area contributed by atoms with E-state index in [2.05, 4.69) is 185 Å². The summed E-state index contributed by atoms with van der Waals surface area (Å²) in [5.74, 6) is 1.26. The van der Waals surface area contributed by atoms with Crippen molar-refractivity contribution in [1.29, 1.82) is 0 Å². The molecule has 2 atom stereocenters. The molecule has 0 saturated carbocycles. The van der Waals surface area contributed by atoms with Crippen LogP contribution in [0.4, 0.5) is 0 Å². The van der Waals surface area contributed by atoms with E-state index in [4.69, 9.17) is 19.5 Å². The molecular formula is C49H46N2O2. The Morgan fingerprint density at radius 1 is 0.396 bits per heavy atom. The van der Waals surface area contributed by atoms with Crippen LogP contribution in [0.25, 0.3) is 0 Å². The van der Waals surface area contributed by atoms with Gasteiger partial charge >= 0.3 is 0 Å². The molecule has 0 bridgehead atoms. The van der Waals surface area contributed by atoms with Crippen LogP contribution in [0.1, 0.15) is 62.1 Å². The standard InChI is InChI=1S/C49H46N2O2/c1-34-15-23-40(24-16-34)48(41-25-17-35(2)18-26-41)44(31-38-11-7-5-8-12-38)50-46(52-48)33-47-51-45(32-39-13-9-6-10-14-39)49(53-47,42-27-19-36(3)20-28-42)43-29-21-37(4)22-30-43/h5-30,44-45H,31-33H2,1-4H3/t44-,45-/m1/s1. The van der Waals surface area contributed by atoms with Crippen molar-refractivity contribution in [1.82, 2.24) is 0 Å². The lowest BCUT2D eigenvalue weighted by molar-refractivity contribution is 0.0872. The molecule has 0 N–H and O–H groups in total. The zero-order valence-electron chi connectivity index (χ0n) is 31.0. The molecular weight excluding hydrogens is 649 g/mol. The smallest absolute Gasteiger partial charge is 0.194 e. The van der Waals surface area contributed by atoms with Crippen molar-refractivity contribution in [2.45, 2.75) is 70.2 Å². The molecule has 2 aliphatic heterocycles. The van der Waals surface area contributed by atoms with Crippen LogP contribution in [0.5, 0.6) is 0 Å². The Hall–Kier alpha value is -5.74. The van der Waals surface area contributed by atoms with E-state index in [-0.39, 0.29) is 12.1 Å². The van der Waals surface area contributed by atoms with Gasteiger partial charge in [0.2, 0.25) is 0 Å². The van der Waals surface area contributed by atoms with Crippen LogP contribution in [0.15, 0.2) is 168 Å². The number of aryl methyl sites for hydroxylation is 4. The Balaban J connectivity index is 1.23. The molecule has 4 nitrogen and oxygen atoms in total. The fourth-order valence-corrected chi connectivity index (χ4v) is 7.98. The number of hydrogen-bond donors (Lipinski definition) is 0. The third-order valence-corrected chi connectivity index (χ3v) is 10.9. The number of aliphatic imine (C=N–C) groups is 2. The van der Waals surface area contributed by atoms with Crippen molar-refractivity contribution in [3.8, 4) is 0 Å². The first-order valence-electron chi connectivity index (χ1n) is 18.7. The maximum absolute atomic E-state index is 7.30. The van der Waals surface area contributed by atoms with Crippen LogP contribution in [0.3, 0.4) is 0 Å². The van der Waals surface area contributed by atoms with Crippen molar-refractivity contribution in [2.24, 2.45) is 9.98 Å². The molecule has 2 aliphatic rings. The Morgan fingerprint density at radius 2 is 0.679 bits per heavy atom. The predicted octanol–water partition coefficient (Wildman–Crippen LogP) is 10.6. The first kappa shape index (κ1) is 34.4. The molecule has 0 unspecified atom stereocenters. The minimum absolute atomic E-state index is 0.216. The molecule has 0 saturated heterocycles. The molecule has 6 aromatic rings. The van der Waals surface area contributed by atoms with E-state index < -0.39 is 11.2 Å². The third kappa shape index (κ3) is 6.70. The molecule has 2 heterocycles. The van der Waals surface area contributed by atoms with Crippen LogP contribution in [0.2, 0.25) is 0 Å². The van der Waals surface area contributed by atoms with E-state index in [1.165, 1.54) is 33.4 Å². The molecule has 8 rings (SSSR count). The minimum Gasteiger partial charge on any atom is -0.462 e. The molecule has 6 aromatic carbocycles. The first-order chi connectivity index (χ1) is 25.8. The number of ether oxygens (including phenoxy) is 2. The third-order valence-electron chi connectivity index (χ3n) is 10.9. The highest BCUT2D eigenvalue weighted by molar-refractivity contribution is 5.99. The summed E-state index contributed by atoms with van der Waals surface area (Å²) in [5.41, 5.74) is 9.89. The molecule has 0 aliphatic carbocycles. The summed E-state index contributed by atoms with van der Waals surface area (Å²) in [5, 5.41) is 0. The van der Waals surface area contributed by atoms with Crippen LogP contribution in [0, 0.1) is 27.7 Å². The van der Waals surface area contributed by atoms with Gasteiger partial charge < -0.3 is 9.47 Å². The number of nitrogens with zero attached hydrogens (tertiary/aromatic N) is 2. The molecule has 0 amide bonds. The van der Waals surface area contributed by atoms with Crippen LogP contribution < -0.4 is 0 Å². The fraction of sp³-hybridized carbons (Fsp3) is 0.224. The largest absolute Gasteiger partial charge is 0.462 e. The highest BCUT2D eigenvalue weighted by atomic mass is 16.5. The van der Waals surface area contributed by atoms with Crippen LogP contribution >= 0.6 is 0 Å².